The molecule has 0 aliphatic carbocycles. The fraction of sp³-hybridized carbons (Fsp3) is 0.714. The van der Waals surface area contributed by atoms with Crippen molar-refractivity contribution in [3.05, 3.63) is 0 Å². The van der Waals surface area contributed by atoms with Crippen LogP contribution in [0.4, 0.5) is 4.79 Å². The summed E-state index contributed by atoms with van der Waals surface area (Å²) in [7, 11) is 2.70. The SMILES string of the molecule is COCC(C)(C#N)NNC(=O)OC. The van der Waals surface area contributed by atoms with Crippen LogP contribution in [0.3, 0.4) is 0 Å². The number of carbonyl (C=O) groups is 1. The van der Waals surface area contributed by atoms with E-state index in [-0.39, 0.29) is 6.61 Å². The molecule has 0 aliphatic rings. The second kappa shape index (κ2) is 5.35. The summed E-state index contributed by atoms with van der Waals surface area (Å²) in [6.07, 6.45) is -0.655. The molecule has 6 nitrogen and oxygen atoms in total. The molecule has 0 aliphatic heterocycles. The summed E-state index contributed by atoms with van der Waals surface area (Å²) >= 11 is 0. The van der Waals surface area contributed by atoms with E-state index < -0.39 is 11.6 Å². The van der Waals surface area contributed by atoms with Crippen LogP contribution in [0, 0.1) is 11.3 Å². The lowest BCUT2D eigenvalue weighted by Gasteiger charge is -2.21. The van der Waals surface area contributed by atoms with Crippen LogP contribution in [-0.4, -0.2) is 32.5 Å². The first kappa shape index (κ1) is 11.7. The Hall–Kier alpha value is -1.32. The molecule has 0 heterocycles. The first-order valence-corrected chi connectivity index (χ1v) is 3.59. The fourth-order valence-electron chi connectivity index (χ4n) is 0.625. The van der Waals surface area contributed by atoms with E-state index >= 15 is 0 Å². The van der Waals surface area contributed by atoms with Crippen molar-refractivity contribution >= 4 is 6.09 Å². The van der Waals surface area contributed by atoms with Crippen molar-refractivity contribution in [1.29, 1.82) is 5.26 Å². The third-order valence-corrected chi connectivity index (χ3v) is 1.31. The van der Waals surface area contributed by atoms with Crippen LogP contribution in [0.25, 0.3) is 0 Å². The molecule has 0 spiro atoms. The van der Waals surface area contributed by atoms with Crippen LogP contribution < -0.4 is 10.9 Å². The van der Waals surface area contributed by atoms with Crippen molar-refractivity contribution in [2.45, 2.75) is 12.5 Å². The van der Waals surface area contributed by atoms with Gasteiger partial charge in [-0.3, -0.25) is 5.43 Å². The van der Waals surface area contributed by atoms with Crippen molar-refractivity contribution in [2.24, 2.45) is 0 Å². The second-order valence-corrected chi connectivity index (χ2v) is 2.62. The lowest BCUT2D eigenvalue weighted by molar-refractivity contribution is 0.126. The molecule has 2 N–H and O–H groups in total. The van der Waals surface area contributed by atoms with E-state index in [0.717, 1.165) is 0 Å². The molecule has 1 atom stereocenters. The number of methoxy groups -OCH3 is 2. The Morgan fingerprint density at radius 3 is 2.62 bits per heavy atom. The van der Waals surface area contributed by atoms with Gasteiger partial charge in [0.05, 0.1) is 19.8 Å². The van der Waals surface area contributed by atoms with Gasteiger partial charge in [0.25, 0.3) is 0 Å². The zero-order chi connectivity index (χ0) is 10.3. The maximum absolute atomic E-state index is 10.6. The lowest BCUT2D eigenvalue weighted by Crippen LogP contribution is -2.54. The summed E-state index contributed by atoms with van der Waals surface area (Å²) in [5, 5.41) is 8.72. The maximum atomic E-state index is 10.6. The molecule has 0 fully saturated rings. The summed E-state index contributed by atoms with van der Waals surface area (Å²) in [6.45, 7) is 1.75. The average molecular weight is 187 g/mol. The minimum atomic E-state index is -0.955. The normalized spacial score (nSPS) is 14.0. The Morgan fingerprint density at radius 2 is 2.23 bits per heavy atom. The van der Waals surface area contributed by atoms with Gasteiger partial charge in [-0.25, -0.2) is 10.2 Å². The van der Waals surface area contributed by atoms with Crippen molar-refractivity contribution in [3.63, 3.8) is 0 Å². The molecule has 0 aromatic carbocycles. The largest absolute Gasteiger partial charge is 0.452 e. The smallest absolute Gasteiger partial charge is 0.421 e. The highest BCUT2D eigenvalue weighted by Crippen LogP contribution is 1.99. The highest BCUT2D eigenvalue weighted by molar-refractivity contribution is 5.66. The monoisotopic (exact) mass is 187 g/mol. The minimum absolute atomic E-state index is 0.160. The number of hydrazine groups is 1. The molecule has 0 aromatic heterocycles. The Morgan fingerprint density at radius 1 is 1.62 bits per heavy atom. The number of nitrogens with one attached hydrogen (secondary N) is 2. The van der Waals surface area contributed by atoms with Gasteiger partial charge < -0.3 is 9.47 Å². The number of hydrogen-bond donors (Lipinski definition) is 2. The average Bonchev–Trinajstić information content (AvgIpc) is 2.15. The van der Waals surface area contributed by atoms with E-state index in [2.05, 4.69) is 15.6 Å². The number of amides is 1. The summed E-state index contributed by atoms with van der Waals surface area (Å²) < 4.78 is 9.09. The highest BCUT2D eigenvalue weighted by atomic mass is 16.5. The Kier molecular flexibility index (Phi) is 4.80. The van der Waals surface area contributed by atoms with Crippen LogP contribution in [0.15, 0.2) is 0 Å². The first-order valence-electron chi connectivity index (χ1n) is 3.59. The van der Waals surface area contributed by atoms with Gasteiger partial charge in [0, 0.05) is 7.11 Å². The number of hydrogen-bond acceptors (Lipinski definition) is 5. The predicted octanol–water partition coefficient (Wildman–Crippen LogP) is -0.224. The molecule has 0 bridgehead atoms. The number of nitriles is 1. The molecule has 0 saturated carbocycles. The van der Waals surface area contributed by atoms with Gasteiger partial charge in [0.15, 0.2) is 0 Å². The first-order chi connectivity index (χ1) is 6.08. The number of rotatable bonds is 4. The van der Waals surface area contributed by atoms with Crippen LogP contribution in [0.1, 0.15) is 6.92 Å². The van der Waals surface area contributed by atoms with E-state index in [1.807, 2.05) is 6.07 Å². The van der Waals surface area contributed by atoms with Crippen molar-refractivity contribution < 1.29 is 14.3 Å². The van der Waals surface area contributed by atoms with Crippen molar-refractivity contribution in [3.8, 4) is 6.07 Å². The molecule has 13 heavy (non-hydrogen) atoms. The van der Waals surface area contributed by atoms with E-state index in [9.17, 15) is 4.79 Å². The van der Waals surface area contributed by atoms with Gasteiger partial charge in [-0.15, -0.1) is 0 Å². The zero-order valence-corrected chi connectivity index (χ0v) is 7.88. The zero-order valence-electron chi connectivity index (χ0n) is 7.88. The minimum Gasteiger partial charge on any atom is -0.452 e. The van der Waals surface area contributed by atoms with Gasteiger partial charge in [0.1, 0.15) is 5.54 Å². The van der Waals surface area contributed by atoms with Crippen LogP contribution in [0.5, 0.6) is 0 Å². The van der Waals surface area contributed by atoms with Crippen LogP contribution in [0.2, 0.25) is 0 Å². The van der Waals surface area contributed by atoms with Crippen molar-refractivity contribution in [1.82, 2.24) is 10.9 Å². The Balaban J connectivity index is 3.99. The Bertz CT molecular complexity index is 214. The Labute approximate surface area is 76.8 Å². The molecule has 1 unspecified atom stereocenters. The van der Waals surface area contributed by atoms with Crippen LogP contribution in [-0.2, 0) is 9.47 Å². The molecule has 74 valence electrons. The number of carbonyl (C=O) groups excluding carboxylic acids is 1. The highest BCUT2D eigenvalue weighted by Gasteiger charge is 2.23. The third kappa shape index (κ3) is 4.30. The molecule has 0 aromatic rings. The maximum Gasteiger partial charge on any atom is 0.421 e. The second-order valence-electron chi connectivity index (χ2n) is 2.62. The van der Waals surface area contributed by atoms with Gasteiger partial charge in [-0.05, 0) is 6.92 Å². The standard InChI is InChI=1S/C7H13N3O3/c1-7(4-8,5-12-2)10-9-6(11)13-3/h10H,5H2,1-3H3,(H,9,11). The molecular formula is C7H13N3O3. The molecular weight excluding hydrogens is 174 g/mol. The van der Waals surface area contributed by atoms with Gasteiger partial charge in [0.2, 0.25) is 0 Å². The summed E-state index contributed by atoms with van der Waals surface area (Å²) in [5.41, 5.74) is 3.73. The van der Waals surface area contributed by atoms with Gasteiger partial charge >= 0.3 is 6.09 Å². The van der Waals surface area contributed by atoms with Gasteiger partial charge in [-0.2, -0.15) is 5.26 Å². The third-order valence-electron chi connectivity index (χ3n) is 1.31. The lowest BCUT2D eigenvalue weighted by atomic mass is 10.1. The molecule has 0 radical (unpaired) electrons. The summed E-state index contributed by atoms with van der Waals surface area (Å²) in [5.74, 6) is 0. The number of nitrogens with zero attached hydrogens (tertiary/aromatic N) is 1. The fourth-order valence-corrected chi connectivity index (χ4v) is 0.625. The van der Waals surface area contributed by atoms with Crippen molar-refractivity contribution in [2.75, 3.05) is 20.8 Å². The van der Waals surface area contributed by atoms with E-state index in [0.29, 0.717) is 0 Å². The molecule has 0 saturated heterocycles. The number of ether oxygens (including phenoxy) is 2. The van der Waals surface area contributed by atoms with E-state index in [1.165, 1.54) is 14.2 Å². The molecule has 1 amide bonds. The van der Waals surface area contributed by atoms with Crippen LogP contribution >= 0.6 is 0 Å². The van der Waals surface area contributed by atoms with E-state index in [4.69, 9.17) is 10.00 Å². The van der Waals surface area contributed by atoms with Gasteiger partial charge in [-0.1, -0.05) is 0 Å². The molecule has 6 heteroatoms. The summed E-state index contributed by atoms with van der Waals surface area (Å²) in [6, 6.07) is 1.95. The van der Waals surface area contributed by atoms with E-state index in [1.54, 1.807) is 6.92 Å². The summed E-state index contributed by atoms with van der Waals surface area (Å²) in [4.78, 5) is 10.6. The predicted molar refractivity (Wildman–Crippen MR) is 44.6 cm³/mol. The molecule has 0 rings (SSSR count). The topological polar surface area (TPSA) is 83.4 Å². The quantitative estimate of drug-likeness (QED) is 0.594.